The Hall–Kier alpha value is -0.390. The Labute approximate surface area is 119 Å². The number of aryl methyl sites for hydroxylation is 2. The third kappa shape index (κ3) is 2.28. The van der Waals surface area contributed by atoms with Gasteiger partial charge in [-0.2, -0.15) is 0 Å². The Morgan fingerprint density at radius 2 is 1.94 bits per heavy atom. The second kappa shape index (κ2) is 4.71. The Morgan fingerprint density at radius 1 is 1.12 bits per heavy atom. The van der Waals surface area contributed by atoms with E-state index in [0.29, 0.717) is 0 Å². The normalized spacial score (nSPS) is 15.9. The van der Waals surface area contributed by atoms with Crippen LogP contribution in [0.3, 0.4) is 0 Å². The fourth-order valence-electron chi connectivity index (χ4n) is 2.46. The van der Waals surface area contributed by atoms with Crippen LogP contribution in [-0.4, -0.2) is 0 Å². The molecule has 0 bridgehead atoms. The molecule has 3 heteroatoms. The second-order valence-electron chi connectivity index (χ2n) is 4.54. The molecule has 0 radical (unpaired) electrons. The number of halogens is 1. The van der Waals surface area contributed by atoms with Gasteiger partial charge in [0.1, 0.15) is 0 Å². The van der Waals surface area contributed by atoms with Crippen molar-refractivity contribution in [3.63, 3.8) is 0 Å². The molecule has 3 rings (SSSR count). The molecular weight excluding hydrogens is 341 g/mol. The number of hydrogen-bond acceptors (Lipinski definition) is 2. The standard InChI is InChI=1S/C14H14INS/c15-13-7-12(8-17-13)14(16)11-5-4-9-2-1-3-10(9)6-11/h4-8,14H,1-3,16H2. The molecule has 1 nitrogen and oxygen atoms in total. The van der Waals surface area contributed by atoms with Crippen molar-refractivity contribution in [3.8, 4) is 0 Å². The summed E-state index contributed by atoms with van der Waals surface area (Å²) < 4.78 is 1.30. The second-order valence-corrected chi connectivity index (χ2v) is 7.35. The molecule has 2 aromatic rings. The smallest absolute Gasteiger partial charge is 0.0656 e. The van der Waals surface area contributed by atoms with Gasteiger partial charge in [0.05, 0.1) is 8.93 Å². The number of fused-ring (bicyclic) bond motifs is 1. The first kappa shape index (κ1) is 11.7. The molecule has 1 heterocycles. The van der Waals surface area contributed by atoms with E-state index in [9.17, 15) is 0 Å². The minimum absolute atomic E-state index is 0.0284. The van der Waals surface area contributed by atoms with E-state index < -0.39 is 0 Å². The van der Waals surface area contributed by atoms with E-state index in [-0.39, 0.29) is 6.04 Å². The average molecular weight is 355 g/mol. The largest absolute Gasteiger partial charge is 0.320 e. The minimum atomic E-state index is 0.0284. The van der Waals surface area contributed by atoms with Crippen LogP contribution in [0.2, 0.25) is 0 Å². The molecule has 0 aliphatic heterocycles. The number of nitrogens with two attached hydrogens (primary N) is 1. The SMILES string of the molecule is NC(c1csc(I)c1)c1ccc2c(c1)CCC2. The van der Waals surface area contributed by atoms with E-state index in [1.165, 1.54) is 44.4 Å². The van der Waals surface area contributed by atoms with Crippen LogP contribution in [0.1, 0.15) is 34.7 Å². The van der Waals surface area contributed by atoms with Gasteiger partial charge in [-0.05, 0) is 75.6 Å². The van der Waals surface area contributed by atoms with Gasteiger partial charge in [0, 0.05) is 0 Å². The molecule has 17 heavy (non-hydrogen) atoms. The zero-order chi connectivity index (χ0) is 11.8. The van der Waals surface area contributed by atoms with Gasteiger partial charge < -0.3 is 5.73 Å². The van der Waals surface area contributed by atoms with Gasteiger partial charge in [-0.1, -0.05) is 18.2 Å². The zero-order valence-electron chi connectivity index (χ0n) is 9.45. The highest BCUT2D eigenvalue weighted by Gasteiger charge is 2.15. The van der Waals surface area contributed by atoms with E-state index in [2.05, 4.69) is 52.2 Å². The highest BCUT2D eigenvalue weighted by Crippen LogP contribution is 2.29. The maximum Gasteiger partial charge on any atom is 0.0656 e. The van der Waals surface area contributed by atoms with E-state index in [0.717, 1.165) is 0 Å². The van der Waals surface area contributed by atoms with Gasteiger partial charge in [-0.3, -0.25) is 0 Å². The van der Waals surface area contributed by atoms with Crippen LogP contribution in [0.15, 0.2) is 29.6 Å². The van der Waals surface area contributed by atoms with Gasteiger partial charge in [0.25, 0.3) is 0 Å². The molecule has 1 aromatic heterocycles. The Bertz CT molecular complexity index is 547. The molecule has 1 aromatic carbocycles. The lowest BCUT2D eigenvalue weighted by molar-refractivity contribution is 0.872. The summed E-state index contributed by atoms with van der Waals surface area (Å²) in [5.74, 6) is 0. The van der Waals surface area contributed by atoms with E-state index >= 15 is 0 Å². The van der Waals surface area contributed by atoms with Crippen LogP contribution < -0.4 is 5.73 Å². The molecule has 1 unspecified atom stereocenters. The summed E-state index contributed by atoms with van der Waals surface area (Å²) in [6.07, 6.45) is 3.75. The Balaban J connectivity index is 1.94. The topological polar surface area (TPSA) is 26.0 Å². The van der Waals surface area contributed by atoms with Gasteiger partial charge in [-0.15, -0.1) is 11.3 Å². The fourth-order valence-corrected chi connectivity index (χ4v) is 3.87. The van der Waals surface area contributed by atoms with Crippen LogP contribution >= 0.6 is 33.9 Å². The molecule has 1 aliphatic rings. The molecule has 1 atom stereocenters. The lowest BCUT2D eigenvalue weighted by atomic mass is 9.98. The van der Waals surface area contributed by atoms with Crippen molar-refractivity contribution in [1.29, 1.82) is 0 Å². The highest BCUT2D eigenvalue weighted by atomic mass is 127. The Morgan fingerprint density at radius 3 is 2.71 bits per heavy atom. The summed E-state index contributed by atoms with van der Waals surface area (Å²) >= 11 is 4.11. The van der Waals surface area contributed by atoms with Crippen LogP contribution in [0.4, 0.5) is 0 Å². The molecule has 1 aliphatic carbocycles. The summed E-state index contributed by atoms with van der Waals surface area (Å²) in [4.78, 5) is 0. The molecule has 0 amide bonds. The van der Waals surface area contributed by atoms with Crippen molar-refractivity contribution in [2.45, 2.75) is 25.3 Å². The monoisotopic (exact) mass is 355 g/mol. The predicted octanol–water partition coefficient (Wildman–Crippen LogP) is 3.89. The molecular formula is C14H14INS. The quantitative estimate of drug-likeness (QED) is 0.813. The zero-order valence-corrected chi connectivity index (χ0v) is 12.4. The van der Waals surface area contributed by atoms with E-state index in [1.807, 2.05) is 0 Å². The predicted molar refractivity (Wildman–Crippen MR) is 81.5 cm³/mol. The molecule has 0 saturated carbocycles. The van der Waals surface area contributed by atoms with Gasteiger partial charge in [0.15, 0.2) is 0 Å². The molecule has 0 saturated heterocycles. The first-order valence-electron chi connectivity index (χ1n) is 5.85. The van der Waals surface area contributed by atoms with Crippen molar-refractivity contribution in [2.75, 3.05) is 0 Å². The van der Waals surface area contributed by atoms with Crippen molar-refractivity contribution in [3.05, 3.63) is 54.8 Å². The number of hydrogen-bond donors (Lipinski definition) is 1. The lowest BCUT2D eigenvalue weighted by Gasteiger charge is -2.12. The van der Waals surface area contributed by atoms with E-state index in [1.54, 1.807) is 11.3 Å². The lowest BCUT2D eigenvalue weighted by Crippen LogP contribution is -2.11. The van der Waals surface area contributed by atoms with Gasteiger partial charge in [-0.25, -0.2) is 0 Å². The van der Waals surface area contributed by atoms with Crippen molar-refractivity contribution >= 4 is 33.9 Å². The van der Waals surface area contributed by atoms with E-state index in [4.69, 9.17) is 5.73 Å². The summed E-state index contributed by atoms with van der Waals surface area (Å²) in [5.41, 5.74) is 11.8. The number of benzene rings is 1. The van der Waals surface area contributed by atoms with Crippen LogP contribution in [0.25, 0.3) is 0 Å². The summed E-state index contributed by atoms with van der Waals surface area (Å²) in [6.45, 7) is 0. The highest BCUT2D eigenvalue weighted by molar-refractivity contribution is 14.1. The van der Waals surface area contributed by atoms with Crippen molar-refractivity contribution in [1.82, 2.24) is 0 Å². The number of rotatable bonds is 2. The van der Waals surface area contributed by atoms with Crippen molar-refractivity contribution in [2.24, 2.45) is 5.73 Å². The third-order valence-corrected chi connectivity index (χ3v) is 5.24. The van der Waals surface area contributed by atoms with Crippen molar-refractivity contribution < 1.29 is 0 Å². The fraction of sp³-hybridized carbons (Fsp3) is 0.286. The molecule has 2 N–H and O–H groups in total. The van der Waals surface area contributed by atoms with Crippen LogP contribution in [-0.2, 0) is 12.8 Å². The maximum absolute atomic E-state index is 6.33. The van der Waals surface area contributed by atoms with Gasteiger partial charge >= 0.3 is 0 Å². The molecule has 0 fully saturated rings. The van der Waals surface area contributed by atoms with Crippen LogP contribution in [0.5, 0.6) is 0 Å². The third-order valence-electron chi connectivity index (χ3n) is 3.43. The summed E-state index contributed by atoms with van der Waals surface area (Å²) in [5, 5.41) is 2.17. The van der Waals surface area contributed by atoms with Crippen LogP contribution in [0, 0.1) is 2.88 Å². The first-order valence-corrected chi connectivity index (χ1v) is 7.81. The maximum atomic E-state index is 6.33. The Kier molecular flexibility index (Phi) is 3.23. The first-order chi connectivity index (χ1) is 8.24. The molecule has 88 valence electrons. The summed E-state index contributed by atoms with van der Waals surface area (Å²) in [7, 11) is 0. The minimum Gasteiger partial charge on any atom is -0.320 e. The molecule has 0 spiro atoms. The summed E-state index contributed by atoms with van der Waals surface area (Å²) in [6, 6.07) is 8.97. The number of thiophene rings is 1. The average Bonchev–Trinajstić information content (AvgIpc) is 2.95. The van der Waals surface area contributed by atoms with Gasteiger partial charge in [0.2, 0.25) is 0 Å².